The zero-order chi connectivity index (χ0) is 38.0. The molecule has 0 amide bonds. The molecule has 54 heavy (non-hydrogen) atoms. The number of para-hydroxylation sites is 1. The van der Waals surface area contributed by atoms with E-state index in [1.165, 1.54) is 34.4 Å². The van der Waals surface area contributed by atoms with E-state index in [0.29, 0.717) is 29.3 Å². The fourth-order valence-electron chi connectivity index (χ4n) is 8.64. The summed E-state index contributed by atoms with van der Waals surface area (Å²) in [4.78, 5) is 4.79. The molecule has 3 aromatic carbocycles. The van der Waals surface area contributed by atoms with E-state index < -0.39 is 0 Å². The standard InChI is InChI=1S/C48H56N4O.Pt/c1-13-33-20-21-49-44(24-33)51-42-17-15-14-16-38(42)39-19-18-36(28-43(39)51)53-37-26-34(29(2)3)25-35(27-37)52-32(6)45(31(5)50-52)46-40(47(7,8)9)22-30(4)23-41(46)48(10,11)12;/h14-22,24-26,29-30,41,46H,13,23H2,1-12H3;/q-2;+2/t30-,41-,46?;/m0./s1. The Bertz CT molecular complexity index is 2350. The molecule has 3 aromatic heterocycles. The first kappa shape index (κ1) is 39.7. The molecule has 0 aliphatic heterocycles. The molecular formula is C48H56N4OPt. The van der Waals surface area contributed by atoms with Gasteiger partial charge in [0.1, 0.15) is 5.82 Å². The molecule has 0 saturated carbocycles. The molecule has 284 valence electrons. The van der Waals surface area contributed by atoms with E-state index in [1.807, 2.05) is 12.3 Å². The molecule has 0 spiro atoms. The number of ether oxygens (including phenoxy) is 1. The molecule has 0 radical (unpaired) electrons. The molecule has 6 heteroatoms. The minimum absolute atomic E-state index is 0. The van der Waals surface area contributed by atoms with E-state index in [-0.39, 0.29) is 37.8 Å². The predicted molar refractivity (Wildman–Crippen MR) is 220 cm³/mol. The largest absolute Gasteiger partial charge is 2.00 e. The van der Waals surface area contributed by atoms with Gasteiger partial charge in [-0.1, -0.05) is 105 Å². The van der Waals surface area contributed by atoms with Crippen molar-refractivity contribution in [1.82, 2.24) is 19.3 Å². The van der Waals surface area contributed by atoms with E-state index in [0.717, 1.165) is 45.4 Å². The Balaban J connectivity index is 0.00000497. The Labute approximate surface area is 337 Å². The van der Waals surface area contributed by atoms with E-state index in [9.17, 15) is 0 Å². The minimum atomic E-state index is 0. The van der Waals surface area contributed by atoms with Gasteiger partial charge in [0, 0.05) is 40.4 Å². The maximum atomic E-state index is 6.70. The SMILES string of the molecule is CCc1ccnc(-n2c3[c-]c(Oc4[c-]c(-n5nc(C)c(C6C(C(C)(C)C)=C[C@H](C)C[C@@H]6C(C)(C)C)c5C)cc(C(C)C)c4)ccc3c3ccccc32)c1.[Pt+2]. The normalized spacial score (nSPS) is 17.9. The van der Waals surface area contributed by atoms with Crippen LogP contribution in [-0.4, -0.2) is 19.3 Å². The zero-order valence-electron chi connectivity index (χ0n) is 34.2. The average Bonchev–Trinajstić information content (AvgIpc) is 3.59. The summed E-state index contributed by atoms with van der Waals surface area (Å²) in [6.45, 7) is 27.8. The van der Waals surface area contributed by atoms with Crippen LogP contribution in [0.3, 0.4) is 0 Å². The molecular weight excluding hydrogens is 844 g/mol. The van der Waals surface area contributed by atoms with Crippen LogP contribution in [0, 0.1) is 48.6 Å². The minimum Gasteiger partial charge on any atom is -0.509 e. The van der Waals surface area contributed by atoms with Gasteiger partial charge in [0.15, 0.2) is 0 Å². The molecule has 3 atom stereocenters. The molecule has 1 unspecified atom stereocenters. The number of fused-ring (bicyclic) bond motifs is 3. The number of pyridine rings is 1. The summed E-state index contributed by atoms with van der Waals surface area (Å²) in [6, 6.07) is 28.5. The van der Waals surface area contributed by atoms with E-state index in [2.05, 4.69) is 165 Å². The van der Waals surface area contributed by atoms with Crippen molar-refractivity contribution in [2.24, 2.45) is 22.7 Å². The summed E-state index contributed by atoms with van der Waals surface area (Å²) in [5.41, 5.74) is 10.7. The van der Waals surface area contributed by atoms with Gasteiger partial charge in [0.25, 0.3) is 0 Å². The average molecular weight is 900 g/mol. The predicted octanol–water partition coefficient (Wildman–Crippen LogP) is 12.8. The van der Waals surface area contributed by atoms with Crippen LogP contribution < -0.4 is 4.74 Å². The summed E-state index contributed by atoms with van der Waals surface area (Å²) in [5.74, 6) is 3.79. The van der Waals surface area contributed by atoms with Gasteiger partial charge in [-0.15, -0.1) is 41.3 Å². The Morgan fingerprint density at radius 2 is 1.65 bits per heavy atom. The molecule has 1 aliphatic rings. The topological polar surface area (TPSA) is 44.9 Å². The first-order valence-corrected chi connectivity index (χ1v) is 19.5. The van der Waals surface area contributed by atoms with Crippen molar-refractivity contribution in [3.63, 3.8) is 0 Å². The van der Waals surface area contributed by atoms with Crippen molar-refractivity contribution >= 4 is 21.8 Å². The van der Waals surface area contributed by atoms with Gasteiger partial charge in [0.2, 0.25) is 0 Å². The Hall–Kier alpha value is -3.95. The van der Waals surface area contributed by atoms with Gasteiger partial charge in [-0.3, -0.25) is 4.68 Å². The van der Waals surface area contributed by atoms with Crippen LogP contribution in [0.1, 0.15) is 116 Å². The van der Waals surface area contributed by atoms with Crippen molar-refractivity contribution < 1.29 is 25.8 Å². The van der Waals surface area contributed by atoms with Crippen LogP contribution in [0.5, 0.6) is 11.5 Å². The fraction of sp³-hybridized carbons (Fsp3) is 0.417. The van der Waals surface area contributed by atoms with Crippen LogP contribution in [0.2, 0.25) is 0 Å². The van der Waals surface area contributed by atoms with Crippen LogP contribution in [0.15, 0.2) is 78.5 Å². The third-order valence-electron chi connectivity index (χ3n) is 11.4. The number of allylic oxidation sites excluding steroid dienone is 2. The maximum Gasteiger partial charge on any atom is 2.00 e. The van der Waals surface area contributed by atoms with Crippen LogP contribution >= 0.6 is 0 Å². The summed E-state index contributed by atoms with van der Waals surface area (Å²) >= 11 is 0. The van der Waals surface area contributed by atoms with Crippen molar-refractivity contribution in [1.29, 1.82) is 0 Å². The zero-order valence-corrected chi connectivity index (χ0v) is 36.4. The number of hydrogen-bond acceptors (Lipinski definition) is 3. The maximum absolute atomic E-state index is 6.70. The summed E-state index contributed by atoms with van der Waals surface area (Å²) in [7, 11) is 0. The molecule has 0 N–H and O–H groups in total. The molecule has 5 nitrogen and oxygen atoms in total. The van der Waals surface area contributed by atoms with Crippen molar-refractivity contribution in [2.45, 2.75) is 108 Å². The van der Waals surface area contributed by atoms with E-state index in [1.54, 1.807) is 0 Å². The summed E-state index contributed by atoms with van der Waals surface area (Å²) in [5, 5.41) is 7.54. The van der Waals surface area contributed by atoms with Gasteiger partial charge in [0.05, 0.1) is 5.69 Å². The Kier molecular flexibility index (Phi) is 11.0. The number of nitrogens with zero attached hydrogens (tertiary/aromatic N) is 4. The first-order valence-electron chi connectivity index (χ1n) is 19.5. The van der Waals surface area contributed by atoms with Crippen LogP contribution in [0.25, 0.3) is 33.3 Å². The first-order chi connectivity index (χ1) is 25.0. The molecule has 0 saturated heterocycles. The number of hydrogen-bond donors (Lipinski definition) is 0. The van der Waals surface area contributed by atoms with Gasteiger partial charge < -0.3 is 9.30 Å². The fourth-order valence-corrected chi connectivity index (χ4v) is 8.64. The molecule has 6 aromatic rings. The van der Waals surface area contributed by atoms with Gasteiger partial charge in [-0.2, -0.15) is 11.2 Å². The van der Waals surface area contributed by atoms with Crippen molar-refractivity contribution in [3.8, 4) is 23.0 Å². The molecule has 0 bridgehead atoms. The molecule has 7 rings (SSSR count). The van der Waals surface area contributed by atoms with Crippen molar-refractivity contribution in [2.75, 3.05) is 0 Å². The van der Waals surface area contributed by atoms with Gasteiger partial charge in [-0.25, -0.2) is 4.98 Å². The Morgan fingerprint density at radius 3 is 2.33 bits per heavy atom. The third kappa shape index (κ3) is 7.38. The molecule has 0 fully saturated rings. The van der Waals surface area contributed by atoms with Gasteiger partial charge >= 0.3 is 21.1 Å². The number of aryl methyl sites for hydroxylation is 2. The second kappa shape index (κ2) is 14.9. The van der Waals surface area contributed by atoms with Crippen molar-refractivity contribution in [3.05, 3.63) is 119 Å². The second-order valence-electron chi connectivity index (χ2n) is 17.8. The quantitative estimate of drug-likeness (QED) is 0.118. The summed E-state index contributed by atoms with van der Waals surface area (Å²) in [6.07, 6.45) is 6.57. The number of aromatic nitrogens is 4. The smallest absolute Gasteiger partial charge is 0.509 e. The molecule has 3 heterocycles. The monoisotopic (exact) mass is 899 g/mol. The Morgan fingerprint density at radius 1 is 0.907 bits per heavy atom. The number of rotatable bonds is 7. The van der Waals surface area contributed by atoms with E-state index in [4.69, 9.17) is 14.8 Å². The molecule has 1 aliphatic carbocycles. The van der Waals surface area contributed by atoms with Gasteiger partial charge in [-0.05, 0) is 90.1 Å². The third-order valence-corrected chi connectivity index (χ3v) is 11.4. The second-order valence-corrected chi connectivity index (χ2v) is 17.8. The van der Waals surface area contributed by atoms with Crippen LogP contribution in [0.4, 0.5) is 0 Å². The summed E-state index contributed by atoms with van der Waals surface area (Å²) < 4.78 is 11.0. The number of benzene rings is 3. The van der Waals surface area contributed by atoms with E-state index >= 15 is 0 Å². The van der Waals surface area contributed by atoms with Crippen LogP contribution in [-0.2, 0) is 27.5 Å².